The van der Waals surface area contributed by atoms with E-state index in [-0.39, 0.29) is 18.6 Å². The number of para-hydroxylation sites is 2. The summed E-state index contributed by atoms with van der Waals surface area (Å²) in [6.07, 6.45) is 0.824. The number of carbonyl (C=O) groups is 1. The Kier molecular flexibility index (Phi) is 5.83. The molecule has 116 valence electrons. The summed E-state index contributed by atoms with van der Waals surface area (Å²) in [6.45, 7) is 2.00. The molecule has 1 amide bonds. The molecule has 0 unspecified atom stereocenters. The Labute approximate surface area is 131 Å². The van der Waals surface area contributed by atoms with Crippen molar-refractivity contribution < 1.29 is 14.3 Å². The van der Waals surface area contributed by atoms with Gasteiger partial charge < -0.3 is 14.8 Å². The molecule has 0 aliphatic heterocycles. The van der Waals surface area contributed by atoms with E-state index in [1.165, 1.54) is 0 Å². The summed E-state index contributed by atoms with van der Waals surface area (Å²) >= 11 is 0. The molecule has 0 aliphatic rings. The zero-order valence-corrected chi connectivity index (χ0v) is 12.9. The van der Waals surface area contributed by atoms with Gasteiger partial charge in [-0.15, -0.1) is 0 Å². The Hall–Kier alpha value is -2.49. The Balaban J connectivity index is 1.92. The van der Waals surface area contributed by atoms with Crippen LogP contribution in [0, 0.1) is 0 Å². The monoisotopic (exact) mass is 299 g/mol. The minimum absolute atomic E-state index is 0.00466. The van der Waals surface area contributed by atoms with Crippen LogP contribution in [-0.2, 0) is 4.79 Å². The standard InChI is InChI=1S/C18H21NO3/c1-3-15(14-9-5-4-6-10-14)19-18(20)13-22-17-12-8-7-11-16(17)21-2/h4-12,15H,3,13H2,1-2H3,(H,19,20)/t15-/m0/s1. The predicted octanol–water partition coefficient (Wildman–Crippen LogP) is 3.34. The van der Waals surface area contributed by atoms with Crippen molar-refractivity contribution in [1.29, 1.82) is 0 Å². The molecular formula is C18H21NO3. The van der Waals surface area contributed by atoms with E-state index in [0.717, 1.165) is 12.0 Å². The van der Waals surface area contributed by atoms with Crippen LogP contribution in [0.1, 0.15) is 24.9 Å². The van der Waals surface area contributed by atoms with Gasteiger partial charge in [0.1, 0.15) is 0 Å². The van der Waals surface area contributed by atoms with E-state index in [2.05, 4.69) is 5.32 Å². The smallest absolute Gasteiger partial charge is 0.258 e. The van der Waals surface area contributed by atoms with Crippen LogP contribution in [0.4, 0.5) is 0 Å². The number of carbonyl (C=O) groups excluding carboxylic acids is 1. The van der Waals surface area contributed by atoms with Gasteiger partial charge in [-0.25, -0.2) is 0 Å². The van der Waals surface area contributed by atoms with Crippen LogP contribution in [0.25, 0.3) is 0 Å². The molecule has 0 spiro atoms. The molecule has 0 bridgehead atoms. The number of ether oxygens (including phenoxy) is 2. The lowest BCUT2D eigenvalue weighted by Crippen LogP contribution is -2.32. The zero-order valence-electron chi connectivity index (χ0n) is 12.9. The van der Waals surface area contributed by atoms with Crippen molar-refractivity contribution >= 4 is 5.91 Å². The molecule has 0 saturated carbocycles. The van der Waals surface area contributed by atoms with Crippen LogP contribution in [0.5, 0.6) is 11.5 Å². The molecular weight excluding hydrogens is 278 g/mol. The second kappa shape index (κ2) is 8.08. The summed E-state index contributed by atoms with van der Waals surface area (Å²) in [5.41, 5.74) is 1.09. The highest BCUT2D eigenvalue weighted by atomic mass is 16.5. The lowest BCUT2D eigenvalue weighted by molar-refractivity contribution is -0.123. The summed E-state index contributed by atoms with van der Waals surface area (Å²) < 4.78 is 10.7. The summed E-state index contributed by atoms with van der Waals surface area (Å²) in [4.78, 5) is 12.1. The van der Waals surface area contributed by atoms with Crippen LogP contribution in [-0.4, -0.2) is 19.6 Å². The van der Waals surface area contributed by atoms with Crippen molar-refractivity contribution in [3.05, 3.63) is 60.2 Å². The second-order valence-corrected chi connectivity index (χ2v) is 4.88. The molecule has 0 aliphatic carbocycles. The van der Waals surface area contributed by atoms with Crippen molar-refractivity contribution in [2.75, 3.05) is 13.7 Å². The van der Waals surface area contributed by atoms with E-state index in [1.807, 2.05) is 49.4 Å². The first-order valence-electron chi connectivity index (χ1n) is 7.34. The molecule has 4 heteroatoms. The molecule has 0 saturated heterocycles. The first-order valence-corrected chi connectivity index (χ1v) is 7.34. The van der Waals surface area contributed by atoms with Crippen molar-refractivity contribution in [2.45, 2.75) is 19.4 Å². The average molecular weight is 299 g/mol. The van der Waals surface area contributed by atoms with Crippen molar-refractivity contribution in [1.82, 2.24) is 5.32 Å². The molecule has 0 heterocycles. The van der Waals surface area contributed by atoms with Crippen LogP contribution in [0.2, 0.25) is 0 Å². The van der Waals surface area contributed by atoms with Crippen molar-refractivity contribution in [3.8, 4) is 11.5 Å². The SMILES string of the molecule is CC[C@H](NC(=O)COc1ccccc1OC)c1ccccc1. The van der Waals surface area contributed by atoms with Crippen LogP contribution >= 0.6 is 0 Å². The van der Waals surface area contributed by atoms with Gasteiger partial charge in [0.2, 0.25) is 0 Å². The number of nitrogens with one attached hydrogen (secondary N) is 1. The fraction of sp³-hybridized carbons (Fsp3) is 0.278. The average Bonchev–Trinajstić information content (AvgIpc) is 2.58. The fourth-order valence-electron chi connectivity index (χ4n) is 2.22. The summed E-state index contributed by atoms with van der Waals surface area (Å²) in [5.74, 6) is 1.03. The van der Waals surface area contributed by atoms with Gasteiger partial charge in [0.05, 0.1) is 13.2 Å². The largest absolute Gasteiger partial charge is 0.493 e. The Morgan fingerprint density at radius 3 is 2.32 bits per heavy atom. The number of hydrogen-bond donors (Lipinski definition) is 1. The van der Waals surface area contributed by atoms with E-state index < -0.39 is 0 Å². The Bertz CT molecular complexity index is 598. The van der Waals surface area contributed by atoms with E-state index in [1.54, 1.807) is 19.2 Å². The maximum Gasteiger partial charge on any atom is 0.258 e. The molecule has 2 aromatic carbocycles. The quantitative estimate of drug-likeness (QED) is 0.853. The summed E-state index contributed by atoms with van der Waals surface area (Å²) in [7, 11) is 1.57. The fourth-order valence-corrected chi connectivity index (χ4v) is 2.22. The summed E-state index contributed by atoms with van der Waals surface area (Å²) in [6, 6.07) is 17.2. The molecule has 0 aromatic heterocycles. The number of hydrogen-bond acceptors (Lipinski definition) is 3. The molecule has 1 atom stereocenters. The van der Waals surface area contributed by atoms with E-state index in [4.69, 9.17) is 9.47 Å². The highest BCUT2D eigenvalue weighted by Crippen LogP contribution is 2.25. The number of rotatable bonds is 7. The molecule has 2 aromatic rings. The lowest BCUT2D eigenvalue weighted by atomic mass is 10.0. The molecule has 1 N–H and O–H groups in total. The van der Waals surface area contributed by atoms with Gasteiger partial charge in [0, 0.05) is 0 Å². The third-order valence-corrected chi connectivity index (χ3v) is 3.37. The predicted molar refractivity (Wildman–Crippen MR) is 86.1 cm³/mol. The molecule has 4 nitrogen and oxygen atoms in total. The van der Waals surface area contributed by atoms with E-state index in [9.17, 15) is 4.79 Å². The number of benzene rings is 2. The van der Waals surface area contributed by atoms with Gasteiger partial charge in [-0.05, 0) is 24.1 Å². The number of amides is 1. The zero-order chi connectivity index (χ0) is 15.8. The van der Waals surface area contributed by atoms with Crippen molar-refractivity contribution in [2.24, 2.45) is 0 Å². The van der Waals surface area contributed by atoms with Crippen LogP contribution in [0.3, 0.4) is 0 Å². The van der Waals surface area contributed by atoms with Gasteiger partial charge in [-0.1, -0.05) is 49.4 Å². The second-order valence-electron chi connectivity index (χ2n) is 4.88. The van der Waals surface area contributed by atoms with Gasteiger partial charge in [0.15, 0.2) is 18.1 Å². The van der Waals surface area contributed by atoms with Crippen molar-refractivity contribution in [3.63, 3.8) is 0 Å². The van der Waals surface area contributed by atoms with Gasteiger partial charge in [-0.2, -0.15) is 0 Å². The van der Waals surface area contributed by atoms with Gasteiger partial charge in [0.25, 0.3) is 5.91 Å². The third-order valence-electron chi connectivity index (χ3n) is 3.37. The minimum Gasteiger partial charge on any atom is -0.493 e. The highest BCUT2D eigenvalue weighted by Gasteiger charge is 2.13. The van der Waals surface area contributed by atoms with Gasteiger partial charge >= 0.3 is 0 Å². The van der Waals surface area contributed by atoms with Crippen LogP contribution in [0.15, 0.2) is 54.6 Å². The topological polar surface area (TPSA) is 47.6 Å². The molecule has 0 radical (unpaired) electrons. The molecule has 22 heavy (non-hydrogen) atoms. The molecule has 2 rings (SSSR count). The normalized spacial score (nSPS) is 11.5. The summed E-state index contributed by atoms with van der Waals surface area (Å²) in [5, 5.41) is 2.99. The minimum atomic E-state index is -0.151. The number of methoxy groups -OCH3 is 1. The van der Waals surface area contributed by atoms with Gasteiger partial charge in [-0.3, -0.25) is 4.79 Å². The third kappa shape index (κ3) is 4.25. The first kappa shape index (κ1) is 15.9. The van der Waals surface area contributed by atoms with E-state index >= 15 is 0 Å². The maximum atomic E-state index is 12.1. The lowest BCUT2D eigenvalue weighted by Gasteiger charge is -2.18. The van der Waals surface area contributed by atoms with E-state index in [0.29, 0.717) is 11.5 Å². The van der Waals surface area contributed by atoms with Crippen LogP contribution < -0.4 is 14.8 Å². The first-order chi connectivity index (χ1) is 10.7. The maximum absolute atomic E-state index is 12.1. The Morgan fingerprint density at radius 2 is 1.68 bits per heavy atom. The highest BCUT2D eigenvalue weighted by molar-refractivity contribution is 5.78. The Morgan fingerprint density at radius 1 is 1.05 bits per heavy atom. The molecule has 0 fully saturated rings.